The maximum Gasteiger partial charge on any atom is 0.411 e. The summed E-state index contributed by atoms with van der Waals surface area (Å²) in [5, 5.41) is 0. The Morgan fingerprint density at radius 2 is 1.81 bits per heavy atom. The smallest absolute Gasteiger partial charge is 0.372 e. The highest BCUT2D eigenvalue weighted by Crippen LogP contribution is 2.42. The number of hydrogen-bond donors (Lipinski definition) is 0. The standard InChI is InChI=1S/C11H18ClF3O/c12-8-10(4-1-2-5-10)6-3-7-16-9-11(13,14)15/h1-9H2. The van der Waals surface area contributed by atoms with Crippen LogP contribution in [0.15, 0.2) is 0 Å². The van der Waals surface area contributed by atoms with Crippen molar-refractivity contribution < 1.29 is 17.9 Å². The van der Waals surface area contributed by atoms with Gasteiger partial charge in [0.1, 0.15) is 6.61 Å². The van der Waals surface area contributed by atoms with Gasteiger partial charge in [-0.3, -0.25) is 0 Å². The van der Waals surface area contributed by atoms with Crippen molar-refractivity contribution in [3.05, 3.63) is 0 Å². The Balaban J connectivity index is 2.10. The van der Waals surface area contributed by atoms with Gasteiger partial charge in [-0.15, -0.1) is 11.6 Å². The first-order chi connectivity index (χ1) is 7.47. The summed E-state index contributed by atoms with van der Waals surface area (Å²) in [5.41, 5.74) is 0.170. The van der Waals surface area contributed by atoms with E-state index >= 15 is 0 Å². The Hall–Kier alpha value is 0.0400. The van der Waals surface area contributed by atoms with Gasteiger partial charge in [0.05, 0.1) is 0 Å². The van der Waals surface area contributed by atoms with Crippen LogP contribution in [0, 0.1) is 5.41 Å². The quantitative estimate of drug-likeness (QED) is 0.514. The number of rotatable bonds is 6. The van der Waals surface area contributed by atoms with E-state index in [9.17, 15) is 13.2 Å². The van der Waals surface area contributed by atoms with Gasteiger partial charge >= 0.3 is 6.18 Å². The zero-order chi connectivity index (χ0) is 12.1. The van der Waals surface area contributed by atoms with E-state index in [0.717, 1.165) is 19.3 Å². The van der Waals surface area contributed by atoms with Crippen molar-refractivity contribution in [3.63, 3.8) is 0 Å². The lowest BCUT2D eigenvalue weighted by atomic mass is 9.84. The fourth-order valence-corrected chi connectivity index (χ4v) is 2.71. The van der Waals surface area contributed by atoms with Crippen molar-refractivity contribution in [2.75, 3.05) is 19.1 Å². The van der Waals surface area contributed by atoms with Crippen LogP contribution < -0.4 is 0 Å². The average molecular weight is 259 g/mol. The van der Waals surface area contributed by atoms with Crippen LogP contribution in [0.4, 0.5) is 13.2 Å². The van der Waals surface area contributed by atoms with E-state index in [1.807, 2.05) is 0 Å². The van der Waals surface area contributed by atoms with Crippen LogP contribution in [0.25, 0.3) is 0 Å². The van der Waals surface area contributed by atoms with Gasteiger partial charge in [0.15, 0.2) is 0 Å². The molecule has 0 saturated heterocycles. The molecule has 0 bridgehead atoms. The molecule has 1 saturated carbocycles. The molecule has 0 radical (unpaired) electrons. The molecule has 16 heavy (non-hydrogen) atoms. The molecule has 0 aromatic rings. The van der Waals surface area contributed by atoms with Gasteiger partial charge in [-0.25, -0.2) is 0 Å². The van der Waals surface area contributed by atoms with Crippen molar-refractivity contribution in [1.29, 1.82) is 0 Å². The zero-order valence-corrected chi connectivity index (χ0v) is 10.0. The first kappa shape index (κ1) is 14.1. The topological polar surface area (TPSA) is 9.23 Å². The van der Waals surface area contributed by atoms with Gasteiger partial charge in [0, 0.05) is 12.5 Å². The van der Waals surface area contributed by atoms with Crippen LogP contribution in [-0.4, -0.2) is 25.3 Å². The van der Waals surface area contributed by atoms with Crippen LogP contribution in [0.2, 0.25) is 0 Å². The van der Waals surface area contributed by atoms with E-state index in [-0.39, 0.29) is 12.0 Å². The second kappa shape index (κ2) is 6.10. The van der Waals surface area contributed by atoms with Crippen molar-refractivity contribution in [2.24, 2.45) is 5.41 Å². The first-order valence-corrected chi connectivity index (χ1v) is 6.21. The minimum Gasteiger partial charge on any atom is -0.372 e. The fraction of sp³-hybridized carbons (Fsp3) is 1.00. The van der Waals surface area contributed by atoms with Crippen LogP contribution in [-0.2, 0) is 4.74 Å². The molecule has 1 rings (SSSR count). The molecule has 96 valence electrons. The minimum absolute atomic E-state index is 0.170. The highest BCUT2D eigenvalue weighted by Gasteiger charge is 2.32. The average Bonchev–Trinajstić information content (AvgIpc) is 2.65. The predicted molar refractivity (Wildman–Crippen MR) is 57.7 cm³/mol. The van der Waals surface area contributed by atoms with Crippen LogP contribution in [0.5, 0.6) is 0 Å². The molecule has 1 nitrogen and oxygen atoms in total. The summed E-state index contributed by atoms with van der Waals surface area (Å²) >= 11 is 5.93. The summed E-state index contributed by atoms with van der Waals surface area (Å²) in [7, 11) is 0. The predicted octanol–water partition coefficient (Wildman–Crippen LogP) is 4.14. The monoisotopic (exact) mass is 258 g/mol. The van der Waals surface area contributed by atoms with E-state index in [1.54, 1.807) is 0 Å². The lowest BCUT2D eigenvalue weighted by Crippen LogP contribution is -2.21. The minimum atomic E-state index is -4.21. The molecule has 0 aliphatic heterocycles. The summed E-state index contributed by atoms with van der Waals surface area (Å²) in [6.07, 6.45) is 1.94. The SMILES string of the molecule is FC(F)(F)COCCCC1(CCl)CCCC1. The molecule has 1 aliphatic rings. The second-order valence-corrected chi connectivity index (χ2v) is 4.88. The molecule has 0 heterocycles. The number of alkyl halides is 4. The third-order valence-electron chi connectivity index (χ3n) is 3.21. The number of hydrogen-bond acceptors (Lipinski definition) is 1. The second-order valence-electron chi connectivity index (χ2n) is 4.61. The van der Waals surface area contributed by atoms with E-state index in [1.165, 1.54) is 12.8 Å². The molecule has 0 unspecified atom stereocenters. The first-order valence-electron chi connectivity index (χ1n) is 5.68. The van der Waals surface area contributed by atoms with Crippen LogP contribution in [0.3, 0.4) is 0 Å². The fourth-order valence-electron chi connectivity index (χ4n) is 2.31. The Kier molecular flexibility index (Phi) is 5.38. The van der Waals surface area contributed by atoms with Crippen molar-refractivity contribution >= 4 is 11.6 Å². The van der Waals surface area contributed by atoms with Crippen molar-refractivity contribution in [2.45, 2.75) is 44.7 Å². The molecular weight excluding hydrogens is 241 g/mol. The van der Waals surface area contributed by atoms with Gasteiger partial charge < -0.3 is 4.74 Å². The lowest BCUT2D eigenvalue weighted by molar-refractivity contribution is -0.174. The Morgan fingerprint density at radius 3 is 2.31 bits per heavy atom. The third-order valence-corrected chi connectivity index (χ3v) is 3.78. The Labute approximate surface area is 99.3 Å². The Morgan fingerprint density at radius 1 is 1.19 bits per heavy atom. The van der Waals surface area contributed by atoms with E-state index in [4.69, 9.17) is 11.6 Å². The summed E-state index contributed by atoms with van der Waals surface area (Å²) in [6, 6.07) is 0. The van der Waals surface area contributed by atoms with E-state index in [0.29, 0.717) is 12.3 Å². The van der Waals surface area contributed by atoms with Crippen LogP contribution in [0.1, 0.15) is 38.5 Å². The van der Waals surface area contributed by atoms with Gasteiger partial charge in [0.25, 0.3) is 0 Å². The van der Waals surface area contributed by atoms with Crippen molar-refractivity contribution in [3.8, 4) is 0 Å². The maximum absolute atomic E-state index is 11.8. The van der Waals surface area contributed by atoms with Gasteiger partial charge in [0.2, 0.25) is 0 Å². The molecule has 0 spiro atoms. The van der Waals surface area contributed by atoms with E-state index in [2.05, 4.69) is 4.74 Å². The molecule has 0 aromatic heterocycles. The third kappa shape index (κ3) is 4.91. The Bertz CT molecular complexity index is 200. The van der Waals surface area contributed by atoms with Gasteiger partial charge in [-0.1, -0.05) is 12.8 Å². The molecule has 5 heteroatoms. The van der Waals surface area contributed by atoms with Crippen LogP contribution >= 0.6 is 11.6 Å². The lowest BCUT2D eigenvalue weighted by Gasteiger charge is -2.26. The van der Waals surface area contributed by atoms with Gasteiger partial charge in [-0.2, -0.15) is 13.2 Å². The molecular formula is C11H18ClF3O. The summed E-state index contributed by atoms with van der Waals surface area (Å²) < 4.78 is 39.9. The zero-order valence-electron chi connectivity index (χ0n) is 9.28. The largest absolute Gasteiger partial charge is 0.411 e. The molecule has 0 N–H and O–H groups in total. The van der Waals surface area contributed by atoms with Gasteiger partial charge in [-0.05, 0) is 31.1 Å². The maximum atomic E-state index is 11.8. The van der Waals surface area contributed by atoms with E-state index < -0.39 is 12.8 Å². The highest BCUT2D eigenvalue weighted by atomic mass is 35.5. The van der Waals surface area contributed by atoms with Crippen molar-refractivity contribution in [1.82, 2.24) is 0 Å². The molecule has 0 aromatic carbocycles. The molecule has 0 amide bonds. The molecule has 1 aliphatic carbocycles. The number of halogens is 4. The molecule has 1 fully saturated rings. The highest BCUT2D eigenvalue weighted by molar-refractivity contribution is 6.18. The number of ether oxygens (including phenoxy) is 1. The summed E-state index contributed by atoms with van der Waals surface area (Å²) in [6.45, 7) is -0.959. The molecule has 0 atom stereocenters. The summed E-state index contributed by atoms with van der Waals surface area (Å²) in [4.78, 5) is 0. The summed E-state index contributed by atoms with van der Waals surface area (Å²) in [5.74, 6) is 0.617. The normalized spacial score (nSPS) is 20.2.